The molecule has 1 aromatic heterocycles. The van der Waals surface area contributed by atoms with E-state index >= 15 is 0 Å². The zero-order valence-electron chi connectivity index (χ0n) is 11.1. The zero-order chi connectivity index (χ0) is 14.1. The third-order valence-corrected chi connectivity index (χ3v) is 4.01. The summed E-state index contributed by atoms with van der Waals surface area (Å²) in [7, 11) is 0. The van der Waals surface area contributed by atoms with Crippen molar-refractivity contribution in [2.24, 2.45) is 5.92 Å². The number of anilines is 1. The van der Waals surface area contributed by atoms with Gasteiger partial charge in [-0.05, 0) is 31.7 Å². The molecule has 0 bridgehead atoms. The SMILES string of the molecule is O=C(NC1CCCN(c2ncc(Cl)cc2F)C1)C1CC1. The van der Waals surface area contributed by atoms with Crippen LogP contribution < -0.4 is 10.2 Å². The molecule has 1 N–H and O–H groups in total. The summed E-state index contributed by atoms with van der Waals surface area (Å²) < 4.78 is 13.9. The second-order valence-corrected chi connectivity index (χ2v) is 5.96. The van der Waals surface area contributed by atoms with E-state index in [1.54, 1.807) is 0 Å². The molecule has 1 saturated carbocycles. The summed E-state index contributed by atoms with van der Waals surface area (Å²) in [5, 5.41) is 3.35. The quantitative estimate of drug-likeness (QED) is 0.931. The fraction of sp³-hybridized carbons (Fsp3) is 0.571. The van der Waals surface area contributed by atoms with Crippen LogP contribution >= 0.6 is 11.6 Å². The number of halogens is 2. The highest BCUT2D eigenvalue weighted by Crippen LogP contribution is 2.29. The monoisotopic (exact) mass is 297 g/mol. The Kier molecular flexibility index (Phi) is 3.78. The first-order valence-electron chi connectivity index (χ1n) is 7.00. The van der Waals surface area contributed by atoms with Gasteiger partial charge < -0.3 is 10.2 Å². The van der Waals surface area contributed by atoms with Crippen molar-refractivity contribution in [2.45, 2.75) is 31.7 Å². The number of aromatic nitrogens is 1. The second kappa shape index (κ2) is 5.56. The highest BCUT2D eigenvalue weighted by molar-refractivity contribution is 6.30. The maximum absolute atomic E-state index is 13.9. The second-order valence-electron chi connectivity index (χ2n) is 5.53. The van der Waals surface area contributed by atoms with Gasteiger partial charge in [-0.1, -0.05) is 11.6 Å². The summed E-state index contributed by atoms with van der Waals surface area (Å²) >= 11 is 5.72. The zero-order valence-corrected chi connectivity index (χ0v) is 11.9. The molecule has 6 heteroatoms. The Hall–Kier alpha value is -1.36. The molecule has 1 amide bonds. The minimum atomic E-state index is -0.410. The fourth-order valence-corrected chi connectivity index (χ4v) is 2.74. The predicted octanol–water partition coefficient (Wildman–Crippen LogP) is 2.37. The lowest BCUT2D eigenvalue weighted by Gasteiger charge is -2.34. The van der Waals surface area contributed by atoms with E-state index in [1.165, 1.54) is 12.3 Å². The molecule has 1 atom stereocenters. The van der Waals surface area contributed by atoms with Crippen LogP contribution in [0.4, 0.5) is 10.2 Å². The van der Waals surface area contributed by atoms with Gasteiger partial charge in [-0.25, -0.2) is 9.37 Å². The van der Waals surface area contributed by atoms with Gasteiger partial charge in [0, 0.05) is 31.2 Å². The van der Waals surface area contributed by atoms with E-state index in [1.807, 2.05) is 4.90 Å². The van der Waals surface area contributed by atoms with Gasteiger partial charge in [0.1, 0.15) is 0 Å². The minimum Gasteiger partial charge on any atom is -0.352 e. The van der Waals surface area contributed by atoms with Gasteiger partial charge in [0.25, 0.3) is 0 Å². The number of hydrogen-bond acceptors (Lipinski definition) is 3. The maximum atomic E-state index is 13.9. The predicted molar refractivity (Wildman–Crippen MR) is 75.3 cm³/mol. The topological polar surface area (TPSA) is 45.2 Å². The molecule has 0 spiro atoms. The summed E-state index contributed by atoms with van der Waals surface area (Å²) in [6.07, 6.45) is 5.29. The lowest BCUT2D eigenvalue weighted by Crippen LogP contribution is -2.48. The Balaban J connectivity index is 1.66. The van der Waals surface area contributed by atoms with Crippen molar-refractivity contribution in [1.29, 1.82) is 0 Å². The van der Waals surface area contributed by atoms with Gasteiger partial charge in [0.2, 0.25) is 5.91 Å². The van der Waals surface area contributed by atoms with Gasteiger partial charge in [-0.3, -0.25) is 4.79 Å². The van der Waals surface area contributed by atoms with Crippen molar-refractivity contribution < 1.29 is 9.18 Å². The molecule has 2 fully saturated rings. The molecule has 3 rings (SSSR count). The molecule has 108 valence electrons. The highest BCUT2D eigenvalue weighted by Gasteiger charge is 2.32. The fourth-order valence-electron chi connectivity index (χ4n) is 2.59. The van der Waals surface area contributed by atoms with Gasteiger partial charge in [-0.15, -0.1) is 0 Å². The normalized spacial score (nSPS) is 22.7. The Morgan fingerprint density at radius 2 is 2.25 bits per heavy atom. The number of nitrogens with zero attached hydrogens (tertiary/aromatic N) is 2. The smallest absolute Gasteiger partial charge is 0.223 e. The molecule has 1 aliphatic heterocycles. The summed E-state index contributed by atoms with van der Waals surface area (Å²) in [5.41, 5.74) is 0. The standard InChI is InChI=1S/C14H17ClFN3O/c15-10-6-12(16)13(17-7-10)19-5-1-2-11(8-19)18-14(20)9-3-4-9/h6-7,9,11H,1-5,8H2,(H,18,20). The van der Waals surface area contributed by atoms with E-state index in [0.29, 0.717) is 17.4 Å². The maximum Gasteiger partial charge on any atom is 0.223 e. The molecule has 0 aromatic carbocycles. The molecule has 2 aliphatic rings. The van der Waals surface area contributed by atoms with Crippen LogP contribution in [0.15, 0.2) is 12.3 Å². The first kappa shape index (κ1) is 13.6. The summed E-state index contributed by atoms with van der Waals surface area (Å²) in [4.78, 5) is 17.7. The molecule has 2 heterocycles. The van der Waals surface area contributed by atoms with E-state index in [4.69, 9.17) is 11.6 Å². The number of piperidine rings is 1. The van der Waals surface area contributed by atoms with E-state index < -0.39 is 5.82 Å². The van der Waals surface area contributed by atoms with Crippen LogP contribution in [0.5, 0.6) is 0 Å². The van der Waals surface area contributed by atoms with Crippen LogP contribution in [-0.4, -0.2) is 30.0 Å². The molecule has 1 aromatic rings. The molecule has 1 unspecified atom stereocenters. The van der Waals surface area contributed by atoms with Crippen LogP contribution in [-0.2, 0) is 4.79 Å². The van der Waals surface area contributed by atoms with Crippen LogP contribution in [0.2, 0.25) is 5.02 Å². The summed E-state index contributed by atoms with van der Waals surface area (Å²) in [5.74, 6) is 0.253. The summed E-state index contributed by atoms with van der Waals surface area (Å²) in [6, 6.07) is 1.35. The Morgan fingerprint density at radius 3 is 2.95 bits per heavy atom. The number of amides is 1. The van der Waals surface area contributed by atoms with Crippen molar-refractivity contribution in [2.75, 3.05) is 18.0 Å². The third kappa shape index (κ3) is 3.03. The number of hydrogen-bond donors (Lipinski definition) is 1. The number of nitrogens with one attached hydrogen (secondary N) is 1. The first-order chi connectivity index (χ1) is 9.63. The molecule has 20 heavy (non-hydrogen) atoms. The van der Waals surface area contributed by atoms with E-state index in [0.717, 1.165) is 32.2 Å². The average molecular weight is 298 g/mol. The lowest BCUT2D eigenvalue weighted by atomic mass is 10.1. The van der Waals surface area contributed by atoms with E-state index in [-0.39, 0.29) is 17.9 Å². The average Bonchev–Trinajstić information content (AvgIpc) is 3.23. The molecular weight excluding hydrogens is 281 g/mol. The minimum absolute atomic E-state index is 0.0775. The van der Waals surface area contributed by atoms with Crippen molar-refractivity contribution in [3.05, 3.63) is 23.1 Å². The third-order valence-electron chi connectivity index (χ3n) is 3.80. The van der Waals surface area contributed by atoms with E-state index in [9.17, 15) is 9.18 Å². The Labute approximate surface area is 122 Å². The molecular formula is C14H17ClFN3O. The van der Waals surface area contributed by atoms with Gasteiger partial charge in [0.05, 0.1) is 5.02 Å². The summed E-state index contributed by atoms with van der Waals surface area (Å²) in [6.45, 7) is 1.35. The molecule has 0 radical (unpaired) electrons. The molecule has 1 aliphatic carbocycles. The van der Waals surface area contributed by atoms with Crippen molar-refractivity contribution in [3.63, 3.8) is 0 Å². The van der Waals surface area contributed by atoms with Crippen LogP contribution in [0.1, 0.15) is 25.7 Å². The molecule has 1 saturated heterocycles. The number of carbonyl (C=O) groups excluding carboxylic acids is 1. The van der Waals surface area contributed by atoms with Gasteiger partial charge >= 0.3 is 0 Å². The van der Waals surface area contributed by atoms with Crippen LogP contribution in [0.25, 0.3) is 0 Å². The number of carbonyl (C=O) groups is 1. The first-order valence-corrected chi connectivity index (χ1v) is 7.37. The van der Waals surface area contributed by atoms with Crippen LogP contribution in [0, 0.1) is 11.7 Å². The lowest BCUT2D eigenvalue weighted by molar-refractivity contribution is -0.123. The highest BCUT2D eigenvalue weighted by atomic mass is 35.5. The van der Waals surface area contributed by atoms with Crippen molar-refractivity contribution in [1.82, 2.24) is 10.3 Å². The van der Waals surface area contributed by atoms with Gasteiger partial charge in [-0.2, -0.15) is 0 Å². The van der Waals surface area contributed by atoms with Crippen LogP contribution in [0.3, 0.4) is 0 Å². The Morgan fingerprint density at radius 1 is 1.45 bits per heavy atom. The largest absolute Gasteiger partial charge is 0.352 e. The van der Waals surface area contributed by atoms with Gasteiger partial charge in [0.15, 0.2) is 11.6 Å². The number of pyridine rings is 1. The number of rotatable bonds is 3. The van der Waals surface area contributed by atoms with E-state index in [2.05, 4.69) is 10.3 Å². The molecule has 4 nitrogen and oxygen atoms in total. The van der Waals surface area contributed by atoms with Crippen molar-refractivity contribution in [3.8, 4) is 0 Å². The Bertz CT molecular complexity index is 521. The van der Waals surface area contributed by atoms with Crippen molar-refractivity contribution >= 4 is 23.3 Å².